The maximum Gasteiger partial charge on any atom is 0.309 e. The van der Waals surface area contributed by atoms with E-state index in [0.717, 1.165) is 6.20 Å². The Labute approximate surface area is 137 Å². The fraction of sp³-hybridized carbons (Fsp3) is 0.462. The normalized spacial score (nSPS) is 12.2. The summed E-state index contributed by atoms with van der Waals surface area (Å²) in [5.74, 6) is -0.233. The highest BCUT2D eigenvalue weighted by Crippen LogP contribution is 2.22. The van der Waals surface area contributed by atoms with Gasteiger partial charge in [0.25, 0.3) is 0 Å². The molecule has 0 spiro atoms. The molecule has 2 rings (SSSR count). The Balaban J connectivity index is 2.18. The van der Waals surface area contributed by atoms with Crippen molar-refractivity contribution in [2.45, 2.75) is 26.4 Å². The van der Waals surface area contributed by atoms with Gasteiger partial charge in [-0.1, -0.05) is 11.6 Å². The van der Waals surface area contributed by atoms with Crippen LogP contribution in [0.5, 0.6) is 0 Å². The highest BCUT2D eigenvalue weighted by atomic mass is 35.5. The Bertz CT molecular complexity index is 733. The summed E-state index contributed by atoms with van der Waals surface area (Å²) in [7, 11) is 3.37. The molecular formula is C13H17ClN6O3. The number of amides is 1. The zero-order chi connectivity index (χ0) is 17.3. The Morgan fingerprint density at radius 3 is 2.61 bits per heavy atom. The fourth-order valence-corrected chi connectivity index (χ4v) is 2.55. The smallest absolute Gasteiger partial charge is 0.309 e. The number of hydrogen-bond donors (Lipinski definition) is 0. The van der Waals surface area contributed by atoms with Gasteiger partial charge in [0.05, 0.1) is 28.4 Å². The Morgan fingerprint density at radius 1 is 1.48 bits per heavy atom. The molecule has 0 aliphatic heterocycles. The van der Waals surface area contributed by atoms with Crippen LogP contribution in [-0.4, -0.2) is 42.3 Å². The summed E-state index contributed by atoms with van der Waals surface area (Å²) in [5, 5.41) is 19.3. The quantitative estimate of drug-likeness (QED) is 0.609. The van der Waals surface area contributed by atoms with Gasteiger partial charge in [-0.3, -0.25) is 24.3 Å². The van der Waals surface area contributed by atoms with Crippen molar-refractivity contribution in [3.05, 3.63) is 38.9 Å². The van der Waals surface area contributed by atoms with E-state index in [1.807, 2.05) is 0 Å². The molecule has 1 unspecified atom stereocenters. The zero-order valence-electron chi connectivity index (χ0n) is 13.2. The second-order valence-corrected chi connectivity index (χ2v) is 5.66. The summed E-state index contributed by atoms with van der Waals surface area (Å²) in [6, 6.07) is -0.666. The number of nitrogens with zero attached hydrogens (tertiary/aromatic N) is 6. The van der Waals surface area contributed by atoms with Crippen LogP contribution in [0.25, 0.3) is 0 Å². The summed E-state index contributed by atoms with van der Waals surface area (Å²) in [6.07, 6.45) is 2.66. The van der Waals surface area contributed by atoms with Crippen molar-refractivity contribution in [2.75, 3.05) is 7.05 Å². The first kappa shape index (κ1) is 16.9. The van der Waals surface area contributed by atoms with E-state index in [2.05, 4.69) is 10.2 Å². The van der Waals surface area contributed by atoms with Crippen molar-refractivity contribution in [2.24, 2.45) is 7.05 Å². The molecule has 0 N–H and O–H groups in total. The summed E-state index contributed by atoms with van der Waals surface area (Å²) >= 11 is 6.04. The van der Waals surface area contributed by atoms with Crippen molar-refractivity contribution in [1.82, 2.24) is 24.5 Å². The van der Waals surface area contributed by atoms with Crippen LogP contribution in [0.3, 0.4) is 0 Å². The summed E-state index contributed by atoms with van der Waals surface area (Å²) in [4.78, 5) is 24.4. The van der Waals surface area contributed by atoms with E-state index < -0.39 is 11.0 Å². The molecule has 0 saturated carbocycles. The monoisotopic (exact) mass is 340 g/mol. The number of carbonyl (C=O) groups excluding carboxylic acids is 1. The van der Waals surface area contributed by atoms with Crippen LogP contribution in [0.4, 0.5) is 5.69 Å². The minimum atomic E-state index is -0.666. The van der Waals surface area contributed by atoms with E-state index in [0.29, 0.717) is 16.4 Å². The maximum absolute atomic E-state index is 12.5. The molecule has 0 aliphatic rings. The van der Waals surface area contributed by atoms with Gasteiger partial charge in [-0.15, -0.1) is 0 Å². The third kappa shape index (κ3) is 3.19. The average Bonchev–Trinajstić information content (AvgIpc) is 3.03. The summed E-state index contributed by atoms with van der Waals surface area (Å²) in [6.45, 7) is 3.49. The van der Waals surface area contributed by atoms with Crippen molar-refractivity contribution in [3.63, 3.8) is 0 Å². The number of halogens is 1. The number of carbonyl (C=O) groups is 1. The van der Waals surface area contributed by atoms with Gasteiger partial charge in [0.2, 0.25) is 5.91 Å². The van der Waals surface area contributed by atoms with Gasteiger partial charge in [0.15, 0.2) is 0 Å². The average molecular weight is 341 g/mol. The molecule has 10 heteroatoms. The van der Waals surface area contributed by atoms with Gasteiger partial charge in [0.1, 0.15) is 17.9 Å². The van der Waals surface area contributed by atoms with Crippen LogP contribution in [-0.2, 0) is 18.4 Å². The molecule has 0 fully saturated rings. The second-order valence-electron chi connectivity index (χ2n) is 5.25. The summed E-state index contributed by atoms with van der Waals surface area (Å²) < 4.78 is 2.95. The van der Waals surface area contributed by atoms with E-state index in [1.54, 1.807) is 32.6 Å². The molecule has 2 aromatic rings. The van der Waals surface area contributed by atoms with E-state index in [1.165, 1.54) is 15.8 Å². The van der Waals surface area contributed by atoms with E-state index in [-0.39, 0.29) is 18.1 Å². The van der Waals surface area contributed by atoms with Crippen molar-refractivity contribution >= 4 is 23.2 Å². The van der Waals surface area contributed by atoms with Crippen LogP contribution >= 0.6 is 11.6 Å². The molecule has 2 heterocycles. The molecule has 9 nitrogen and oxygen atoms in total. The largest absolute Gasteiger partial charge is 0.338 e. The lowest BCUT2D eigenvalue weighted by Crippen LogP contribution is -2.34. The van der Waals surface area contributed by atoms with Crippen molar-refractivity contribution in [3.8, 4) is 0 Å². The van der Waals surface area contributed by atoms with E-state index in [4.69, 9.17) is 11.6 Å². The van der Waals surface area contributed by atoms with Crippen LogP contribution in [0.1, 0.15) is 24.4 Å². The topological polar surface area (TPSA) is 99.1 Å². The SMILES string of the molecule is Cc1c([N+](=O)[O-])cnn1C(C)C(=O)N(C)Cc1c(Cl)cnn1C. The molecule has 0 radical (unpaired) electrons. The third-order valence-electron chi connectivity index (χ3n) is 3.71. The maximum atomic E-state index is 12.5. The standard InChI is InChI=1S/C13H17ClN6O3/c1-8-11(20(22)23)6-16-19(8)9(2)13(21)17(3)7-12-10(14)5-15-18(12)4/h5-6,9H,7H2,1-4H3. The lowest BCUT2D eigenvalue weighted by atomic mass is 10.2. The molecular weight excluding hydrogens is 324 g/mol. The van der Waals surface area contributed by atoms with Gasteiger partial charge in [-0.05, 0) is 13.8 Å². The third-order valence-corrected chi connectivity index (χ3v) is 4.03. The Morgan fingerprint density at radius 2 is 2.13 bits per heavy atom. The van der Waals surface area contributed by atoms with E-state index >= 15 is 0 Å². The molecule has 1 atom stereocenters. The minimum Gasteiger partial charge on any atom is -0.338 e. The lowest BCUT2D eigenvalue weighted by molar-refractivity contribution is -0.385. The molecule has 0 aromatic carbocycles. The molecule has 23 heavy (non-hydrogen) atoms. The number of aromatic nitrogens is 4. The van der Waals surface area contributed by atoms with Crippen LogP contribution in [0, 0.1) is 17.0 Å². The van der Waals surface area contributed by atoms with Gasteiger partial charge in [-0.25, -0.2) is 0 Å². The first-order valence-electron chi connectivity index (χ1n) is 6.83. The number of likely N-dealkylation sites (N-methyl/N-ethyl adjacent to an activating group) is 1. The first-order valence-corrected chi connectivity index (χ1v) is 7.21. The molecule has 1 amide bonds. The first-order chi connectivity index (χ1) is 10.7. The number of rotatable bonds is 5. The Hall–Kier alpha value is -2.42. The number of nitro groups is 1. The van der Waals surface area contributed by atoms with Crippen molar-refractivity contribution in [1.29, 1.82) is 0 Å². The predicted octanol–water partition coefficient (Wildman–Crippen LogP) is 1.71. The van der Waals surface area contributed by atoms with Crippen LogP contribution in [0.2, 0.25) is 5.02 Å². The highest BCUT2D eigenvalue weighted by Gasteiger charge is 2.26. The predicted molar refractivity (Wildman–Crippen MR) is 83.0 cm³/mol. The van der Waals surface area contributed by atoms with Crippen molar-refractivity contribution < 1.29 is 9.72 Å². The molecule has 0 aliphatic carbocycles. The minimum absolute atomic E-state index is 0.109. The van der Waals surface area contributed by atoms with Gasteiger partial charge < -0.3 is 4.90 Å². The summed E-state index contributed by atoms with van der Waals surface area (Å²) in [5.41, 5.74) is 0.933. The number of hydrogen-bond acceptors (Lipinski definition) is 5. The Kier molecular flexibility index (Phi) is 4.69. The number of aryl methyl sites for hydroxylation is 1. The molecule has 0 bridgehead atoms. The fourth-order valence-electron chi connectivity index (χ4n) is 2.32. The van der Waals surface area contributed by atoms with E-state index in [9.17, 15) is 14.9 Å². The zero-order valence-corrected chi connectivity index (χ0v) is 14.0. The second kappa shape index (κ2) is 6.37. The van der Waals surface area contributed by atoms with Crippen LogP contribution in [0.15, 0.2) is 12.4 Å². The molecule has 2 aromatic heterocycles. The lowest BCUT2D eigenvalue weighted by Gasteiger charge is -2.22. The van der Waals surface area contributed by atoms with Crippen LogP contribution < -0.4 is 0 Å². The highest BCUT2D eigenvalue weighted by molar-refractivity contribution is 6.31. The molecule has 124 valence electrons. The van der Waals surface area contributed by atoms with Gasteiger partial charge in [0, 0.05) is 14.1 Å². The van der Waals surface area contributed by atoms with Gasteiger partial charge in [-0.2, -0.15) is 10.2 Å². The van der Waals surface area contributed by atoms with Gasteiger partial charge >= 0.3 is 5.69 Å². The molecule has 0 saturated heterocycles.